The van der Waals surface area contributed by atoms with Crippen molar-refractivity contribution in [3.63, 3.8) is 0 Å². The monoisotopic (exact) mass is 516 g/mol. The maximum absolute atomic E-state index is 13.0. The molecule has 4 aromatic rings. The average Bonchev–Trinajstić information content (AvgIpc) is 3.45. The van der Waals surface area contributed by atoms with E-state index in [-0.39, 0.29) is 11.9 Å². The number of rotatable bonds is 7. The topological polar surface area (TPSA) is 111 Å². The first-order chi connectivity index (χ1) is 18.3. The van der Waals surface area contributed by atoms with E-state index in [2.05, 4.69) is 20.2 Å². The summed E-state index contributed by atoms with van der Waals surface area (Å²) in [6.07, 6.45) is 1.07. The van der Waals surface area contributed by atoms with Crippen molar-refractivity contribution in [3.05, 3.63) is 70.3 Å². The molecule has 11 heteroatoms. The number of benzene rings is 1. The molecule has 4 heterocycles. The van der Waals surface area contributed by atoms with Crippen LogP contribution in [-0.2, 0) is 22.5 Å². The predicted molar refractivity (Wildman–Crippen MR) is 140 cm³/mol. The molecule has 0 atom stereocenters. The number of piperazine rings is 1. The second-order valence-electron chi connectivity index (χ2n) is 9.62. The summed E-state index contributed by atoms with van der Waals surface area (Å²) in [6.45, 7) is 9.54. The molecule has 0 saturated carbocycles. The van der Waals surface area contributed by atoms with E-state index in [1.54, 1.807) is 10.6 Å². The maximum Gasteiger partial charge on any atom is 0.337 e. The Morgan fingerprint density at radius 3 is 2.53 bits per heavy atom. The summed E-state index contributed by atoms with van der Waals surface area (Å²) >= 11 is 0. The number of carbonyl (C=O) groups excluding carboxylic acids is 2. The van der Waals surface area contributed by atoms with Gasteiger partial charge in [0.2, 0.25) is 5.91 Å². The molecule has 0 N–H and O–H groups in total. The first-order valence-electron chi connectivity index (χ1n) is 12.8. The first-order valence-corrected chi connectivity index (χ1v) is 12.8. The lowest BCUT2D eigenvalue weighted by atomic mass is 10.1. The predicted octanol–water partition coefficient (Wildman–Crippen LogP) is 2.30. The molecule has 0 unspecified atom stereocenters. The first kappa shape index (κ1) is 25.5. The van der Waals surface area contributed by atoms with Crippen LogP contribution < -0.4 is 0 Å². The average molecular weight is 517 g/mol. The molecule has 1 aromatic carbocycles. The van der Waals surface area contributed by atoms with Gasteiger partial charge < -0.3 is 9.64 Å². The van der Waals surface area contributed by atoms with E-state index in [1.165, 1.54) is 7.11 Å². The second-order valence-corrected chi connectivity index (χ2v) is 9.62. The number of aryl methyl sites for hydroxylation is 2. The van der Waals surface area contributed by atoms with Crippen molar-refractivity contribution >= 4 is 17.5 Å². The Labute approximate surface area is 221 Å². The van der Waals surface area contributed by atoms with E-state index >= 15 is 0 Å². The van der Waals surface area contributed by atoms with Crippen LogP contribution in [0.3, 0.4) is 0 Å². The van der Waals surface area contributed by atoms with Gasteiger partial charge in [-0.05, 0) is 62.6 Å². The molecule has 1 aliphatic rings. The minimum absolute atomic E-state index is 0.156. The van der Waals surface area contributed by atoms with Gasteiger partial charge in [0.25, 0.3) is 0 Å². The Kier molecular flexibility index (Phi) is 7.19. The molecule has 1 amide bonds. The Balaban J connectivity index is 1.17. The second kappa shape index (κ2) is 10.7. The third-order valence-corrected chi connectivity index (χ3v) is 7.13. The van der Waals surface area contributed by atoms with Crippen LogP contribution in [0.1, 0.15) is 45.1 Å². The van der Waals surface area contributed by atoms with E-state index in [0.29, 0.717) is 48.8 Å². The highest BCUT2D eigenvalue weighted by Gasteiger charge is 2.23. The molecule has 11 nitrogen and oxygen atoms in total. The van der Waals surface area contributed by atoms with Gasteiger partial charge in [-0.25, -0.2) is 9.48 Å². The highest BCUT2D eigenvalue weighted by Crippen LogP contribution is 2.20. The number of hydrogen-bond donors (Lipinski definition) is 0. The van der Waals surface area contributed by atoms with Gasteiger partial charge in [0, 0.05) is 44.8 Å². The van der Waals surface area contributed by atoms with Gasteiger partial charge >= 0.3 is 5.97 Å². The summed E-state index contributed by atoms with van der Waals surface area (Å²) in [5, 5.41) is 17.5. The van der Waals surface area contributed by atoms with Crippen molar-refractivity contribution in [2.24, 2.45) is 0 Å². The Morgan fingerprint density at radius 1 is 0.974 bits per heavy atom. The molecule has 1 aliphatic heterocycles. The van der Waals surface area contributed by atoms with Crippen molar-refractivity contribution in [1.29, 1.82) is 0 Å². The van der Waals surface area contributed by atoms with Gasteiger partial charge in [-0.3, -0.25) is 9.69 Å². The van der Waals surface area contributed by atoms with Crippen LogP contribution in [-0.4, -0.2) is 84.6 Å². The zero-order valence-corrected chi connectivity index (χ0v) is 22.2. The molecule has 0 spiro atoms. The van der Waals surface area contributed by atoms with Crippen LogP contribution >= 0.6 is 0 Å². The van der Waals surface area contributed by atoms with Gasteiger partial charge in [-0.1, -0.05) is 12.1 Å². The molecule has 38 heavy (non-hydrogen) atoms. The van der Waals surface area contributed by atoms with Crippen LogP contribution in [0.4, 0.5) is 0 Å². The van der Waals surface area contributed by atoms with Crippen molar-refractivity contribution < 1.29 is 14.3 Å². The molecular formula is C27H32N8O3. The molecule has 1 saturated heterocycles. The quantitative estimate of drug-likeness (QED) is 0.344. The van der Waals surface area contributed by atoms with E-state index in [9.17, 15) is 9.59 Å². The van der Waals surface area contributed by atoms with Crippen LogP contribution in [0, 0.1) is 20.8 Å². The highest BCUT2D eigenvalue weighted by atomic mass is 16.5. The molecule has 0 aliphatic carbocycles. The molecular weight excluding hydrogens is 484 g/mol. The van der Waals surface area contributed by atoms with Gasteiger partial charge in [0.05, 0.1) is 18.4 Å². The molecule has 198 valence electrons. The standard InChI is InChI=1S/C27H32N8O3/c1-18-23(19(2)34(30-18)25-10-9-24-29-28-20(3)35(24)31-25)8-11-26(36)33-14-12-32(13-15-33)17-21-6-5-7-22(16-21)27(37)38-4/h5-7,9-10,16H,8,11-15,17H2,1-4H3. The Hall–Kier alpha value is -4.12. The number of hydrogen-bond acceptors (Lipinski definition) is 8. The van der Waals surface area contributed by atoms with E-state index in [0.717, 1.165) is 42.1 Å². The smallest absolute Gasteiger partial charge is 0.337 e. The van der Waals surface area contributed by atoms with Crippen LogP contribution in [0.5, 0.6) is 0 Å². The van der Waals surface area contributed by atoms with Gasteiger partial charge in [0.1, 0.15) is 0 Å². The minimum Gasteiger partial charge on any atom is -0.465 e. The third-order valence-electron chi connectivity index (χ3n) is 7.13. The zero-order valence-electron chi connectivity index (χ0n) is 22.2. The number of ether oxygens (including phenoxy) is 1. The summed E-state index contributed by atoms with van der Waals surface area (Å²) in [7, 11) is 1.39. The fraction of sp³-hybridized carbons (Fsp3) is 0.407. The minimum atomic E-state index is -0.332. The fourth-order valence-electron chi connectivity index (χ4n) is 4.98. The summed E-state index contributed by atoms with van der Waals surface area (Å²) in [6, 6.07) is 11.3. The molecule has 3 aromatic heterocycles. The number of aromatic nitrogens is 6. The molecule has 5 rings (SSSR count). The van der Waals surface area contributed by atoms with Crippen LogP contribution in [0.25, 0.3) is 11.5 Å². The lowest BCUT2D eigenvalue weighted by Gasteiger charge is -2.35. The normalized spacial score (nSPS) is 14.3. The SMILES string of the molecule is COC(=O)c1cccc(CN2CCN(C(=O)CCc3c(C)nn(-c4ccc5nnc(C)n5n4)c3C)CC2)c1. The van der Waals surface area contributed by atoms with Crippen LogP contribution in [0.15, 0.2) is 36.4 Å². The highest BCUT2D eigenvalue weighted by molar-refractivity contribution is 5.89. The summed E-state index contributed by atoms with van der Waals surface area (Å²) in [4.78, 5) is 29.1. The zero-order chi connectivity index (χ0) is 26.8. The number of fused-ring (bicyclic) bond motifs is 1. The fourth-order valence-corrected chi connectivity index (χ4v) is 4.98. The summed E-state index contributed by atoms with van der Waals surface area (Å²) in [5.74, 6) is 1.22. The lowest BCUT2D eigenvalue weighted by Crippen LogP contribution is -2.48. The number of methoxy groups -OCH3 is 1. The van der Waals surface area contributed by atoms with E-state index in [1.807, 2.05) is 60.7 Å². The van der Waals surface area contributed by atoms with Crippen molar-refractivity contribution in [2.45, 2.75) is 40.2 Å². The third kappa shape index (κ3) is 5.14. The molecule has 1 fully saturated rings. The van der Waals surface area contributed by atoms with Gasteiger partial charge in [-0.2, -0.15) is 9.61 Å². The summed E-state index contributed by atoms with van der Waals surface area (Å²) in [5.41, 5.74) is 5.25. The number of nitrogens with zero attached hydrogens (tertiary/aromatic N) is 8. The lowest BCUT2D eigenvalue weighted by molar-refractivity contribution is -0.133. The van der Waals surface area contributed by atoms with E-state index in [4.69, 9.17) is 9.84 Å². The molecule has 0 radical (unpaired) electrons. The van der Waals surface area contributed by atoms with Crippen LogP contribution in [0.2, 0.25) is 0 Å². The van der Waals surface area contributed by atoms with Crippen molar-refractivity contribution in [1.82, 2.24) is 39.4 Å². The summed E-state index contributed by atoms with van der Waals surface area (Å²) < 4.78 is 8.34. The van der Waals surface area contributed by atoms with Gasteiger partial charge in [0.15, 0.2) is 17.3 Å². The Bertz CT molecular complexity index is 1480. The van der Waals surface area contributed by atoms with Gasteiger partial charge in [-0.15, -0.1) is 15.3 Å². The molecule has 0 bridgehead atoms. The Morgan fingerprint density at radius 2 is 1.76 bits per heavy atom. The number of amides is 1. The van der Waals surface area contributed by atoms with Crippen molar-refractivity contribution in [2.75, 3.05) is 33.3 Å². The number of esters is 1. The maximum atomic E-state index is 13.0. The largest absolute Gasteiger partial charge is 0.465 e. The number of carbonyl (C=O) groups is 2. The van der Waals surface area contributed by atoms with E-state index < -0.39 is 0 Å². The van der Waals surface area contributed by atoms with Crippen molar-refractivity contribution in [3.8, 4) is 5.82 Å².